The number of hydrogen-bond acceptors (Lipinski definition) is 3. The number of halogens is 1. The Hall–Kier alpha value is -0.680. The van der Waals surface area contributed by atoms with Gasteiger partial charge in [0.15, 0.2) is 0 Å². The average Bonchev–Trinajstić information content (AvgIpc) is 2.14. The molecular formula is C8H17FN2O2. The number of methoxy groups -OCH3 is 1. The first-order chi connectivity index (χ1) is 6.22. The van der Waals surface area contributed by atoms with Gasteiger partial charge in [0.25, 0.3) is 0 Å². The predicted molar refractivity (Wildman–Crippen MR) is 48.3 cm³/mol. The van der Waals surface area contributed by atoms with Crippen LogP contribution in [0.25, 0.3) is 0 Å². The molecule has 0 aliphatic carbocycles. The Morgan fingerprint density at radius 1 is 1.54 bits per heavy atom. The maximum Gasteiger partial charge on any atom is 0.236 e. The Labute approximate surface area is 77.8 Å². The van der Waals surface area contributed by atoms with Gasteiger partial charge in [-0.15, -0.1) is 0 Å². The molecule has 1 atom stereocenters. The fourth-order valence-electron chi connectivity index (χ4n) is 0.793. The SMILES string of the molecule is COCCNC(=O)C(C)NCCF. The highest BCUT2D eigenvalue weighted by molar-refractivity contribution is 5.81. The topological polar surface area (TPSA) is 50.4 Å². The molecule has 78 valence electrons. The van der Waals surface area contributed by atoms with Gasteiger partial charge in [-0.3, -0.25) is 4.79 Å². The summed E-state index contributed by atoms with van der Waals surface area (Å²) >= 11 is 0. The molecule has 0 aromatic carbocycles. The fourth-order valence-corrected chi connectivity index (χ4v) is 0.793. The van der Waals surface area contributed by atoms with E-state index in [1.54, 1.807) is 14.0 Å². The highest BCUT2D eigenvalue weighted by Crippen LogP contribution is 1.81. The summed E-state index contributed by atoms with van der Waals surface area (Å²) in [5, 5.41) is 5.37. The highest BCUT2D eigenvalue weighted by atomic mass is 19.1. The van der Waals surface area contributed by atoms with Gasteiger partial charge in [0.1, 0.15) is 6.67 Å². The lowest BCUT2D eigenvalue weighted by molar-refractivity contribution is -0.122. The molecule has 0 fully saturated rings. The van der Waals surface area contributed by atoms with E-state index in [2.05, 4.69) is 10.6 Å². The molecule has 0 radical (unpaired) electrons. The molecule has 0 spiro atoms. The van der Waals surface area contributed by atoms with Gasteiger partial charge in [-0.2, -0.15) is 0 Å². The number of hydrogen-bond donors (Lipinski definition) is 2. The standard InChI is InChI=1S/C8H17FN2O2/c1-7(10-4-3-9)8(12)11-5-6-13-2/h7,10H,3-6H2,1-2H3,(H,11,12). The van der Waals surface area contributed by atoms with Gasteiger partial charge >= 0.3 is 0 Å². The maximum absolute atomic E-state index is 11.7. The van der Waals surface area contributed by atoms with Crippen molar-refractivity contribution in [3.63, 3.8) is 0 Å². The lowest BCUT2D eigenvalue weighted by Crippen LogP contribution is -2.43. The number of rotatable bonds is 7. The molecule has 1 unspecified atom stereocenters. The van der Waals surface area contributed by atoms with Gasteiger partial charge < -0.3 is 15.4 Å². The monoisotopic (exact) mass is 192 g/mol. The van der Waals surface area contributed by atoms with Gasteiger partial charge in [0.05, 0.1) is 12.6 Å². The Kier molecular flexibility index (Phi) is 7.53. The minimum atomic E-state index is -0.463. The van der Waals surface area contributed by atoms with E-state index >= 15 is 0 Å². The van der Waals surface area contributed by atoms with Crippen molar-refractivity contribution >= 4 is 5.91 Å². The molecule has 0 aromatic heterocycles. The lowest BCUT2D eigenvalue weighted by atomic mass is 10.3. The van der Waals surface area contributed by atoms with Crippen LogP contribution in [0.2, 0.25) is 0 Å². The van der Waals surface area contributed by atoms with Crippen LogP contribution in [0.3, 0.4) is 0 Å². The van der Waals surface area contributed by atoms with Crippen LogP contribution in [-0.4, -0.2) is 45.4 Å². The van der Waals surface area contributed by atoms with Crippen molar-refractivity contribution in [2.45, 2.75) is 13.0 Å². The Morgan fingerprint density at radius 3 is 2.77 bits per heavy atom. The summed E-state index contributed by atoms with van der Waals surface area (Å²) < 4.78 is 16.5. The van der Waals surface area contributed by atoms with Crippen molar-refractivity contribution in [1.82, 2.24) is 10.6 Å². The second-order valence-electron chi connectivity index (χ2n) is 2.65. The molecule has 0 aliphatic rings. The Morgan fingerprint density at radius 2 is 2.23 bits per heavy atom. The summed E-state index contributed by atoms with van der Waals surface area (Å²) in [7, 11) is 1.57. The van der Waals surface area contributed by atoms with Gasteiger partial charge in [0.2, 0.25) is 5.91 Å². The molecule has 0 aromatic rings. The van der Waals surface area contributed by atoms with Crippen LogP contribution < -0.4 is 10.6 Å². The van der Waals surface area contributed by atoms with Crippen LogP contribution in [0.4, 0.5) is 4.39 Å². The zero-order valence-electron chi connectivity index (χ0n) is 8.10. The molecule has 0 aliphatic heterocycles. The summed E-state index contributed by atoms with van der Waals surface area (Å²) in [6.07, 6.45) is 0. The summed E-state index contributed by atoms with van der Waals surface area (Å²) in [6.45, 7) is 2.41. The van der Waals surface area contributed by atoms with E-state index in [1.807, 2.05) is 0 Å². The van der Waals surface area contributed by atoms with E-state index in [4.69, 9.17) is 4.74 Å². The van der Waals surface area contributed by atoms with Gasteiger partial charge in [-0.25, -0.2) is 4.39 Å². The Bertz CT molecular complexity index is 144. The third-order valence-electron chi connectivity index (χ3n) is 1.54. The molecule has 0 heterocycles. The van der Waals surface area contributed by atoms with Crippen molar-refractivity contribution in [3.8, 4) is 0 Å². The predicted octanol–water partition coefficient (Wildman–Crippen LogP) is -0.303. The number of ether oxygens (including phenoxy) is 1. The van der Waals surface area contributed by atoms with Crippen LogP contribution in [0.1, 0.15) is 6.92 Å². The third kappa shape index (κ3) is 6.48. The highest BCUT2D eigenvalue weighted by Gasteiger charge is 2.09. The smallest absolute Gasteiger partial charge is 0.236 e. The van der Waals surface area contributed by atoms with Crippen molar-refractivity contribution in [2.24, 2.45) is 0 Å². The molecule has 1 amide bonds. The van der Waals surface area contributed by atoms with Crippen LogP contribution >= 0.6 is 0 Å². The molecule has 0 saturated heterocycles. The van der Waals surface area contributed by atoms with E-state index in [1.165, 1.54) is 0 Å². The normalized spacial score (nSPS) is 12.5. The van der Waals surface area contributed by atoms with E-state index in [0.29, 0.717) is 13.2 Å². The zero-order chi connectivity index (χ0) is 10.1. The third-order valence-corrected chi connectivity index (χ3v) is 1.54. The van der Waals surface area contributed by atoms with Crippen molar-refractivity contribution < 1.29 is 13.9 Å². The zero-order valence-corrected chi connectivity index (χ0v) is 8.10. The molecule has 13 heavy (non-hydrogen) atoms. The number of carbonyl (C=O) groups is 1. The molecule has 5 heteroatoms. The molecule has 0 saturated carbocycles. The summed E-state index contributed by atoms with van der Waals surface area (Å²) in [5.74, 6) is -0.134. The molecule has 4 nitrogen and oxygen atoms in total. The fraction of sp³-hybridized carbons (Fsp3) is 0.875. The number of carbonyl (C=O) groups excluding carboxylic acids is 1. The maximum atomic E-state index is 11.7. The summed E-state index contributed by atoms with van der Waals surface area (Å²) in [4.78, 5) is 11.2. The molecule has 0 rings (SSSR count). The quantitative estimate of drug-likeness (QED) is 0.544. The number of alkyl halides is 1. The number of amides is 1. The average molecular weight is 192 g/mol. The van der Waals surface area contributed by atoms with Crippen LogP contribution in [0.5, 0.6) is 0 Å². The second kappa shape index (κ2) is 7.94. The minimum absolute atomic E-state index is 0.134. The lowest BCUT2D eigenvalue weighted by Gasteiger charge is -2.12. The molecule has 2 N–H and O–H groups in total. The van der Waals surface area contributed by atoms with Crippen molar-refractivity contribution in [3.05, 3.63) is 0 Å². The van der Waals surface area contributed by atoms with E-state index in [9.17, 15) is 9.18 Å². The molecule has 0 bridgehead atoms. The van der Waals surface area contributed by atoms with Crippen LogP contribution in [-0.2, 0) is 9.53 Å². The number of nitrogens with one attached hydrogen (secondary N) is 2. The Balaban J connectivity index is 3.45. The minimum Gasteiger partial charge on any atom is -0.383 e. The van der Waals surface area contributed by atoms with Gasteiger partial charge in [-0.05, 0) is 6.92 Å². The van der Waals surface area contributed by atoms with Crippen molar-refractivity contribution in [1.29, 1.82) is 0 Å². The first-order valence-corrected chi connectivity index (χ1v) is 4.28. The second-order valence-corrected chi connectivity index (χ2v) is 2.65. The first kappa shape index (κ1) is 12.3. The van der Waals surface area contributed by atoms with E-state index < -0.39 is 6.67 Å². The van der Waals surface area contributed by atoms with Gasteiger partial charge in [-0.1, -0.05) is 0 Å². The molecular weight excluding hydrogens is 175 g/mol. The van der Waals surface area contributed by atoms with Crippen LogP contribution in [0.15, 0.2) is 0 Å². The van der Waals surface area contributed by atoms with E-state index in [-0.39, 0.29) is 18.5 Å². The van der Waals surface area contributed by atoms with Gasteiger partial charge in [0, 0.05) is 20.2 Å². The largest absolute Gasteiger partial charge is 0.383 e. The summed E-state index contributed by atoms with van der Waals surface area (Å²) in [5.41, 5.74) is 0. The van der Waals surface area contributed by atoms with E-state index in [0.717, 1.165) is 0 Å². The van der Waals surface area contributed by atoms with Crippen molar-refractivity contribution in [2.75, 3.05) is 33.5 Å². The van der Waals surface area contributed by atoms with Crippen LogP contribution in [0, 0.1) is 0 Å². The first-order valence-electron chi connectivity index (χ1n) is 4.28. The summed E-state index contributed by atoms with van der Waals surface area (Å²) in [6, 6.07) is -0.354.